The molecule has 0 spiro atoms. The first-order valence-electron chi connectivity index (χ1n) is 11.6. The van der Waals surface area contributed by atoms with Crippen molar-refractivity contribution in [2.45, 2.75) is 73.7 Å². The SMILES string of the molecule is CC([O-])=N[C@H]1[C@H]([C@H](O)[C@H](O)CO)O[C@](C(=O)O)(P(=O)(O)OC[C@H]2O[C@@H](n3ccc([O-])nc3=O)[C@H](O)[C@@H]2O)C[C@@H]1O.[Na+].[Na+]. The van der Waals surface area contributed by atoms with E-state index < -0.39 is 111 Å². The van der Waals surface area contributed by atoms with E-state index in [4.69, 9.17) is 14.0 Å². The topological polar surface area (TPSA) is 317 Å². The van der Waals surface area contributed by atoms with Gasteiger partial charge in [0.15, 0.2) is 6.23 Å². The Hall–Kier alpha value is -0.550. The maximum atomic E-state index is 13.3. The Kier molecular flexibility index (Phi) is 14.7. The van der Waals surface area contributed by atoms with Gasteiger partial charge in [-0.15, -0.1) is 0 Å². The van der Waals surface area contributed by atoms with Crippen molar-refractivity contribution in [3.63, 3.8) is 0 Å². The Balaban J connectivity index is 0.00000441. The number of aliphatic carboxylic acids is 1. The van der Waals surface area contributed by atoms with Crippen LogP contribution in [0.2, 0.25) is 0 Å². The third kappa shape index (κ3) is 7.99. The summed E-state index contributed by atoms with van der Waals surface area (Å²) in [6, 6.07) is -0.869. The molecule has 3 rings (SSSR count). The van der Waals surface area contributed by atoms with Crippen LogP contribution in [0.5, 0.6) is 5.88 Å². The van der Waals surface area contributed by atoms with Gasteiger partial charge in [0.25, 0.3) is 5.34 Å². The molecule has 2 aliphatic heterocycles. The van der Waals surface area contributed by atoms with Gasteiger partial charge >= 0.3 is 78.4 Å². The molecule has 2 fully saturated rings. The van der Waals surface area contributed by atoms with Crippen LogP contribution in [0, 0.1) is 0 Å². The molecule has 11 atom stereocenters. The van der Waals surface area contributed by atoms with Crippen LogP contribution in [0.1, 0.15) is 19.6 Å². The second kappa shape index (κ2) is 15.6. The van der Waals surface area contributed by atoms with E-state index in [1.54, 1.807) is 0 Å². The van der Waals surface area contributed by atoms with Gasteiger partial charge in [0.1, 0.15) is 42.7 Å². The molecule has 0 aliphatic carbocycles. The van der Waals surface area contributed by atoms with Crippen molar-refractivity contribution in [2.24, 2.45) is 4.99 Å². The molecular weight excluding hydrogens is 615 g/mol. The molecular formula is C20H28N3Na2O16P. The largest absolute Gasteiger partial charge is 1.00 e. The Morgan fingerprint density at radius 1 is 1.31 bits per heavy atom. The third-order valence-corrected chi connectivity index (χ3v) is 8.31. The van der Waals surface area contributed by atoms with E-state index in [0.29, 0.717) is 4.57 Å². The van der Waals surface area contributed by atoms with E-state index in [9.17, 15) is 65.0 Å². The number of carboxylic acids is 1. The fraction of sp³-hybridized carbons (Fsp3) is 0.700. The number of ether oxygens (including phenoxy) is 2. The minimum absolute atomic E-state index is 0. The molecule has 0 bridgehead atoms. The van der Waals surface area contributed by atoms with Gasteiger partial charge in [0.05, 0.1) is 19.3 Å². The van der Waals surface area contributed by atoms with E-state index in [1.807, 2.05) is 0 Å². The normalized spacial score (nSPS) is 34.4. The molecule has 22 heteroatoms. The van der Waals surface area contributed by atoms with Crippen LogP contribution in [0.25, 0.3) is 0 Å². The predicted octanol–water partition coefficient (Wildman–Crippen LogP) is -12.1. The first-order chi connectivity index (χ1) is 18.6. The number of aliphatic imine (C=N–C) groups is 1. The summed E-state index contributed by atoms with van der Waals surface area (Å²) in [6.45, 7) is -1.23. The smallest absolute Gasteiger partial charge is 0.862 e. The number of carbonyl (C=O) groups is 1. The molecule has 0 amide bonds. The van der Waals surface area contributed by atoms with E-state index in [1.165, 1.54) is 0 Å². The molecule has 0 saturated carbocycles. The molecule has 1 aromatic rings. The number of nitrogens with zero attached hydrogens (tertiary/aromatic N) is 3. The molecule has 19 nitrogen and oxygen atoms in total. The molecule has 3 heterocycles. The van der Waals surface area contributed by atoms with Crippen molar-refractivity contribution in [3.8, 4) is 5.88 Å². The summed E-state index contributed by atoms with van der Waals surface area (Å²) < 4.78 is 29.5. The summed E-state index contributed by atoms with van der Waals surface area (Å²) in [5, 5.41) is 90.1. The summed E-state index contributed by atoms with van der Waals surface area (Å²) in [7, 11) is -5.63. The van der Waals surface area contributed by atoms with E-state index in [-0.39, 0.29) is 59.1 Å². The van der Waals surface area contributed by atoms with E-state index in [2.05, 4.69) is 9.98 Å². The number of aliphatic hydroxyl groups is 6. The molecule has 1 unspecified atom stereocenters. The fourth-order valence-corrected chi connectivity index (χ4v) is 5.81. The van der Waals surface area contributed by atoms with Crippen LogP contribution in [-0.4, -0.2) is 129 Å². The van der Waals surface area contributed by atoms with Gasteiger partial charge in [-0.1, -0.05) is 0 Å². The number of carboxylic acid groups (broad SMARTS) is 1. The van der Waals surface area contributed by atoms with Gasteiger partial charge in [0, 0.05) is 12.6 Å². The zero-order valence-corrected chi connectivity index (χ0v) is 27.5. The number of rotatable bonds is 10. The van der Waals surface area contributed by atoms with E-state index in [0.717, 1.165) is 19.2 Å². The molecule has 226 valence electrons. The van der Waals surface area contributed by atoms with Gasteiger partial charge < -0.3 is 64.8 Å². The van der Waals surface area contributed by atoms with Crippen molar-refractivity contribution in [1.29, 1.82) is 0 Å². The zero-order valence-electron chi connectivity index (χ0n) is 22.6. The molecule has 0 aromatic carbocycles. The second-order valence-electron chi connectivity index (χ2n) is 9.14. The van der Waals surface area contributed by atoms with Crippen molar-refractivity contribution in [2.75, 3.05) is 13.2 Å². The molecule has 8 N–H and O–H groups in total. The van der Waals surface area contributed by atoms with Gasteiger partial charge in [-0.05, 0) is 24.8 Å². The maximum Gasteiger partial charge on any atom is 1.00 e. The molecule has 42 heavy (non-hydrogen) atoms. The summed E-state index contributed by atoms with van der Waals surface area (Å²) in [6.07, 6.45) is -15.6. The fourth-order valence-electron chi connectivity index (χ4n) is 4.34. The van der Waals surface area contributed by atoms with Crippen LogP contribution in [0.3, 0.4) is 0 Å². The van der Waals surface area contributed by atoms with Crippen molar-refractivity contribution in [1.82, 2.24) is 9.55 Å². The maximum absolute atomic E-state index is 13.3. The summed E-state index contributed by atoms with van der Waals surface area (Å²) in [5.74, 6) is -3.97. The summed E-state index contributed by atoms with van der Waals surface area (Å²) in [5.41, 5.74) is -1.15. The average Bonchev–Trinajstić information content (AvgIpc) is 3.15. The number of aromatic nitrogens is 2. The monoisotopic (exact) mass is 643 g/mol. The first kappa shape index (κ1) is 39.5. The van der Waals surface area contributed by atoms with Crippen LogP contribution in [0.4, 0.5) is 0 Å². The van der Waals surface area contributed by atoms with Crippen LogP contribution in [0.15, 0.2) is 22.1 Å². The molecule has 0 radical (unpaired) electrons. The minimum atomic E-state index is -5.63. The van der Waals surface area contributed by atoms with Crippen LogP contribution in [-0.2, 0) is 23.4 Å². The van der Waals surface area contributed by atoms with Crippen molar-refractivity contribution in [3.05, 3.63) is 22.7 Å². The number of hydrogen-bond acceptors (Lipinski definition) is 16. The standard InChI is InChI=1S/C20H30N3O16P.2Na/c1-7(25)21-12-8(26)4-20(18(32)33,39-16(12)13(29)9(27)5-24)40(35,36)37-6-10-14(30)15(31)17(38-10)23-3-2-11(28)22-19(23)34;;/h2-3,8-10,12-17,24,26-27,29-31H,4-6H2,1H3,(H,21,25)(H,32,33)(H,35,36)(H,22,28,34);;/q;2*+1/p-2/t8-,9+,10+,12+,13+,14+,15+,16+,17+,20-;;/m0../s1. The van der Waals surface area contributed by atoms with Gasteiger partial charge in [-0.3, -0.25) is 14.1 Å². The van der Waals surface area contributed by atoms with Gasteiger partial charge in [-0.25, -0.2) is 14.6 Å². The van der Waals surface area contributed by atoms with Gasteiger partial charge in [-0.2, -0.15) is 0 Å². The Morgan fingerprint density at radius 3 is 2.45 bits per heavy atom. The summed E-state index contributed by atoms with van der Waals surface area (Å²) >= 11 is 0. The zero-order chi connectivity index (χ0) is 30.2. The van der Waals surface area contributed by atoms with Gasteiger partial charge in [0.2, 0.25) is 0 Å². The van der Waals surface area contributed by atoms with Crippen molar-refractivity contribution >= 4 is 19.5 Å². The minimum Gasteiger partial charge on any atom is -0.862 e. The van der Waals surface area contributed by atoms with Crippen LogP contribution >= 0.6 is 7.60 Å². The first-order valence-corrected chi connectivity index (χ1v) is 13.2. The second-order valence-corrected chi connectivity index (χ2v) is 11.2. The number of hydrogen-bond donors (Lipinski definition) is 8. The average molecular weight is 643 g/mol. The quantitative estimate of drug-likeness (QED) is 0.0508. The van der Waals surface area contributed by atoms with Crippen LogP contribution < -0.4 is 75.0 Å². The molecule has 1 aromatic heterocycles. The molecule has 2 aliphatic rings. The predicted molar refractivity (Wildman–Crippen MR) is 122 cm³/mol. The van der Waals surface area contributed by atoms with E-state index >= 15 is 0 Å². The van der Waals surface area contributed by atoms with Crippen molar-refractivity contribution < 1.29 is 133 Å². The third-order valence-electron chi connectivity index (χ3n) is 6.42. The number of aliphatic hydroxyl groups excluding tert-OH is 6. The summed E-state index contributed by atoms with van der Waals surface area (Å²) in [4.78, 5) is 41.6. The Labute approximate surface area is 281 Å². The Morgan fingerprint density at radius 2 is 1.93 bits per heavy atom. The molecule has 2 saturated heterocycles. The Bertz CT molecular complexity index is 1220.